The number of nitrogens with zero attached hydrogens (tertiary/aromatic N) is 1. The highest BCUT2D eigenvalue weighted by Gasteiger charge is 2.29. The van der Waals surface area contributed by atoms with Gasteiger partial charge in [0, 0.05) is 18.2 Å². The van der Waals surface area contributed by atoms with Crippen LogP contribution in [0.2, 0.25) is 0 Å². The third-order valence-electron chi connectivity index (χ3n) is 4.08. The van der Waals surface area contributed by atoms with E-state index in [1.807, 2.05) is 13.8 Å². The van der Waals surface area contributed by atoms with Crippen molar-refractivity contribution in [3.63, 3.8) is 0 Å². The molecule has 0 saturated carbocycles. The van der Waals surface area contributed by atoms with E-state index in [9.17, 15) is 18.5 Å². The van der Waals surface area contributed by atoms with Crippen molar-refractivity contribution in [3.8, 4) is 0 Å². The summed E-state index contributed by atoms with van der Waals surface area (Å²) in [5.41, 5.74) is 6.33. The number of nitro groups is 1. The molecule has 124 valence electrons. The van der Waals surface area contributed by atoms with E-state index in [2.05, 4.69) is 4.72 Å². The highest BCUT2D eigenvalue weighted by Crippen LogP contribution is 2.27. The van der Waals surface area contributed by atoms with E-state index in [0.717, 1.165) is 0 Å². The van der Waals surface area contributed by atoms with Crippen LogP contribution in [0.4, 0.5) is 5.69 Å². The maximum atomic E-state index is 12.4. The Kier molecular flexibility index (Phi) is 5.66. The molecule has 0 heterocycles. The molecular weight excluding hydrogens is 306 g/mol. The Bertz CT molecular complexity index is 667. The number of benzene rings is 1. The summed E-state index contributed by atoms with van der Waals surface area (Å²) in [6.07, 6.45) is 1.20. The molecule has 0 radical (unpaired) electrons. The minimum Gasteiger partial charge on any atom is -0.324 e. The van der Waals surface area contributed by atoms with Crippen molar-refractivity contribution in [1.82, 2.24) is 4.72 Å². The molecule has 1 aromatic rings. The molecule has 0 fully saturated rings. The van der Waals surface area contributed by atoms with Crippen molar-refractivity contribution >= 4 is 15.7 Å². The minimum absolute atomic E-state index is 0.0341. The van der Waals surface area contributed by atoms with Gasteiger partial charge in [-0.05, 0) is 43.9 Å². The zero-order valence-electron chi connectivity index (χ0n) is 13.3. The standard InChI is InChI=1S/C14H23N3O4S/c1-5-14(15,6-2)9-16-22(20,21)13-8-11(4)10(3)7-12(13)17(18)19/h7-8,16H,5-6,9,15H2,1-4H3. The summed E-state index contributed by atoms with van der Waals surface area (Å²) in [5.74, 6) is 0. The number of nitro benzene ring substituents is 1. The number of nitrogens with two attached hydrogens (primary N) is 1. The Hall–Kier alpha value is -1.51. The molecule has 0 spiro atoms. The van der Waals surface area contributed by atoms with Crippen LogP contribution >= 0.6 is 0 Å². The number of rotatable bonds is 7. The summed E-state index contributed by atoms with van der Waals surface area (Å²) in [5, 5.41) is 11.1. The smallest absolute Gasteiger partial charge is 0.289 e. The zero-order chi connectivity index (χ0) is 17.1. The van der Waals surface area contributed by atoms with Gasteiger partial charge in [0.2, 0.25) is 10.0 Å². The fourth-order valence-corrected chi connectivity index (χ4v) is 3.32. The second kappa shape index (κ2) is 6.72. The largest absolute Gasteiger partial charge is 0.324 e. The molecule has 1 aromatic carbocycles. The highest BCUT2D eigenvalue weighted by atomic mass is 32.2. The Balaban J connectivity index is 3.23. The second-order valence-corrected chi connectivity index (χ2v) is 7.29. The molecule has 1 rings (SSSR count). The predicted octanol–water partition coefficient (Wildman–Crippen LogP) is 2.01. The zero-order valence-corrected chi connectivity index (χ0v) is 14.2. The van der Waals surface area contributed by atoms with Gasteiger partial charge in [-0.25, -0.2) is 13.1 Å². The molecule has 7 nitrogen and oxygen atoms in total. The first-order valence-corrected chi connectivity index (χ1v) is 8.59. The van der Waals surface area contributed by atoms with Gasteiger partial charge in [0.05, 0.1) is 4.92 Å². The first kappa shape index (κ1) is 18.5. The summed E-state index contributed by atoms with van der Waals surface area (Å²) >= 11 is 0. The fraction of sp³-hybridized carbons (Fsp3) is 0.571. The topological polar surface area (TPSA) is 115 Å². The molecule has 0 bridgehead atoms. The van der Waals surface area contributed by atoms with E-state index in [0.29, 0.717) is 24.0 Å². The van der Waals surface area contributed by atoms with E-state index in [1.54, 1.807) is 13.8 Å². The predicted molar refractivity (Wildman–Crippen MR) is 85.3 cm³/mol. The fourth-order valence-electron chi connectivity index (χ4n) is 1.95. The second-order valence-electron chi connectivity index (χ2n) is 5.56. The summed E-state index contributed by atoms with van der Waals surface area (Å²) < 4.78 is 27.3. The summed E-state index contributed by atoms with van der Waals surface area (Å²) in [4.78, 5) is 10.1. The van der Waals surface area contributed by atoms with Gasteiger partial charge < -0.3 is 5.73 Å². The number of hydrogen-bond donors (Lipinski definition) is 2. The molecule has 0 aromatic heterocycles. The van der Waals surface area contributed by atoms with Crippen LogP contribution in [-0.4, -0.2) is 25.4 Å². The maximum Gasteiger partial charge on any atom is 0.289 e. The SMILES string of the molecule is CCC(N)(CC)CNS(=O)(=O)c1cc(C)c(C)cc1[N+](=O)[O-]. The molecule has 3 N–H and O–H groups in total. The van der Waals surface area contributed by atoms with Gasteiger partial charge >= 0.3 is 0 Å². The Morgan fingerprint density at radius 3 is 2.18 bits per heavy atom. The molecule has 0 unspecified atom stereocenters. The Labute approximate surface area is 131 Å². The number of aryl methyl sites for hydroxylation is 2. The lowest BCUT2D eigenvalue weighted by Gasteiger charge is -2.26. The monoisotopic (exact) mass is 329 g/mol. The molecule has 0 saturated heterocycles. The molecular formula is C14H23N3O4S. The lowest BCUT2D eigenvalue weighted by atomic mass is 9.95. The number of sulfonamides is 1. The summed E-state index contributed by atoms with van der Waals surface area (Å²) in [7, 11) is -4.00. The van der Waals surface area contributed by atoms with Crippen LogP contribution in [0.25, 0.3) is 0 Å². The number of hydrogen-bond acceptors (Lipinski definition) is 5. The molecule has 8 heteroatoms. The van der Waals surface area contributed by atoms with Gasteiger partial charge in [-0.15, -0.1) is 0 Å². The van der Waals surface area contributed by atoms with Crippen LogP contribution in [0.3, 0.4) is 0 Å². The highest BCUT2D eigenvalue weighted by molar-refractivity contribution is 7.89. The van der Waals surface area contributed by atoms with E-state index in [4.69, 9.17) is 5.73 Å². The van der Waals surface area contributed by atoms with Crippen LogP contribution in [-0.2, 0) is 10.0 Å². The van der Waals surface area contributed by atoms with Crippen LogP contribution in [0.15, 0.2) is 17.0 Å². The first-order chi connectivity index (χ1) is 10.1. The third kappa shape index (κ3) is 4.02. The van der Waals surface area contributed by atoms with E-state index < -0.39 is 26.2 Å². The summed E-state index contributed by atoms with van der Waals surface area (Å²) in [6.45, 7) is 7.19. The van der Waals surface area contributed by atoms with Crippen LogP contribution in [0, 0.1) is 24.0 Å². The minimum atomic E-state index is -4.00. The van der Waals surface area contributed by atoms with Gasteiger partial charge in [0.1, 0.15) is 0 Å². The lowest BCUT2D eigenvalue weighted by molar-refractivity contribution is -0.387. The van der Waals surface area contributed by atoms with Gasteiger partial charge in [-0.3, -0.25) is 10.1 Å². The average molecular weight is 329 g/mol. The van der Waals surface area contributed by atoms with Crippen LogP contribution in [0.1, 0.15) is 37.8 Å². The lowest BCUT2D eigenvalue weighted by Crippen LogP contribution is -2.49. The number of nitrogens with one attached hydrogen (secondary N) is 1. The Morgan fingerprint density at radius 1 is 1.23 bits per heavy atom. The average Bonchev–Trinajstić information content (AvgIpc) is 2.47. The quantitative estimate of drug-likeness (QED) is 0.586. The van der Waals surface area contributed by atoms with E-state index in [1.165, 1.54) is 12.1 Å². The summed E-state index contributed by atoms with van der Waals surface area (Å²) in [6, 6.07) is 2.60. The van der Waals surface area contributed by atoms with Crippen molar-refractivity contribution in [2.45, 2.75) is 51.0 Å². The van der Waals surface area contributed by atoms with Crippen molar-refractivity contribution in [2.24, 2.45) is 5.73 Å². The molecule has 0 aliphatic carbocycles. The van der Waals surface area contributed by atoms with Crippen molar-refractivity contribution < 1.29 is 13.3 Å². The van der Waals surface area contributed by atoms with E-state index in [-0.39, 0.29) is 11.4 Å². The maximum absolute atomic E-state index is 12.4. The molecule has 0 aliphatic rings. The third-order valence-corrected chi connectivity index (χ3v) is 5.51. The molecule has 0 atom stereocenters. The first-order valence-electron chi connectivity index (χ1n) is 7.10. The van der Waals surface area contributed by atoms with Gasteiger partial charge in [0.25, 0.3) is 5.69 Å². The molecule has 0 amide bonds. The van der Waals surface area contributed by atoms with Gasteiger partial charge in [-0.1, -0.05) is 13.8 Å². The van der Waals surface area contributed by atoms with Crippen molar-refractivity contribution in [2.75, 3.05) is 6.54 Å². The van der Waals surface area contributed by atoms with Crippen molar-refractivity contribution in [1.29, 1.82) is 0 Å². The molecule has 0 aliphatic heterocycles. The Morgan fingerprint density at radius 2 is 1.73 bits per heavy atom. The van der Waals surface area contributed by atoms with Gasteiger partial charge in [0.15, 0.2) is 4.90 Å². The normalized spacial score (nSPS) is 12.4. The van der Waals surface area contributed by atoms with Crippen molar-refractivity contribution in [3.05, 3.63) is 33.4 Å². The van der Waals surface area contributed by atoms with Crippen LogP contribution in [0.5, 0.6) is 0 Å². The molecule has 22 heavy (non-hydrogen) atoms. The van der Waals surface area contributed by atoms with Gasteiger partial charge in [-0.2, -0.15) is 0 Å². The van der Waals surface area contributed by atoms with Crippen LogP contribution < -0.4 is 10.5 Å². The van der Waals surface area contributed by atoms with E-state index >= 15 is 0 Å².